The van der Waals surface area contributed by atoms with Crippen LogP contribution in [0.4, 0.5) is 0 Å². The van der Waals surface area contributed by atoms with Gasteiger partial charge in [-0.3, -0.25) is 33.7 Å². The first kappa shape index (κ1) is 42.3. The molecule has 60 heavy (non-hydrogen) atoms. The minimum absolute atomic E-state index is 0.0141. The number of ether oxygens (including phenoxy) is 1. The molecule has 2 saturated heterocycles. The molecule has 0 saturated carbocycles. The van der Waals surface area contributed by atoms with Crippen molar-refractivity contribution < 1.29 is 38.6 Å². The SMILES string of the molecule is C=Cc1c2[nH]c(c1C)C=C1NC(=C3c4[nH]c(c(C)c4C(=O)[C@@H]3C(=O)OC)C=c3[nH]c(c(C)c3CC)=C2)[C@@H](CCC(=O)NCCN2C(=O)CC(SC[C@H](N)C(=O)O)C2=O)[C@@H]1C. The van der Waals surface area contributed by atoms with Gasteiger partial charge in [-0.25, -0.2) is 0 Å². The van der Waals surface area contributed by atoms with Crippen LogP contribution in [0.25, 0.3) is 29.9 Å². The number of imide groups is 1. The number of Topliss-reactive ketones (excluding diaryl/α,β-unsaturated/α-hetero) is 1. The summed E-state index contributed by atoms with van der Waals surface area (Å²) in [5, 5.41) is 16.6. The van der Waals surface area contributed by atoms with E-state index in [1.165, 1.54) is 7.11 Å². The first-order chi connectivity index (χ1) is 28.6. The molecule has 16 heteroatoms. The summed E-state index contributed by atoms with van der Waals surface area (Å²) in [6, 6.07) is -1.15. The molecule has 0 radical (unpaired) electrons. The zero-order valence-electron chi connectivity index (χ0n) is 34.6. The molecule has 5 atom stereocenters. The number of hydrogen-bond acceptors (Lipinski definition) is 10. The summed E-state index contributed by atoms with van der Waals surface area (Å²) in [5.41, 5.74) is 15.9. The van der Waals surface area contributed by atoms with Gasteiger partial charge in [-0.05, 0) is 74.1 Å². The molecule has 3 amide bonds. The average Bonchev–Trinajstić information content (AvgIpc) is 4.01. The molecule has 4 aliphatic rings. The highest BCUT2D eigenvalue weighted by Gasteiger charge is 2.48. The summed E-state index contributed by atoms with van der Waals surface area (Å²) in [7, 11) is 1.27. The number of likely N-dealkylation sites (tertiary alicyclic amines) is 1. The number of carboxylic acid groups (broad SMARTS) is 1. The van der Waals surface area contributed by atoms with Crippen LogP contribution in [0.5, 0.6) is 0 Å². The van der Waals surface area contributed by atoms with E-state index in [4.69, 9.17) is 15.6 Å². The largest absolute Gasteiger partial charge is 0.480 e. The predicted octanol–water partition coefficient (Wildman–Crippen LogP) is 2.53. The number of thioether (sulfide) groups is 1. The number of carbonyl (C=O) groups excluding carboxylic acids is 5. The minimum Gasteiger partial charge on any atom is -0.480 e. The monoisotopic (exact) mass is 837 g/mol. The van der Waals surface area contributed by atoms with Gasteiger partial charge in [-0.1, -0.05) is 26.5 Å². The molecular formula is C44H51N7O8S. The smallest absolute Gasteiger partial charge is 0.321 e. The molecular weight excluding hydrogens is 787 g/mol. The summed E-state index contributed by atoms with van der Waals surface area (Å²) in [5.74, 6) is -5.14. The Morgan fingerprint density at radius 1 is 1.05 bits per heavy atom. The number of aromatic nitrogens is 3. The van der Waals surface area contributed by atoms with Gasteiger partial charge in [0.25, 0.3) is 0 Å². The molecule has 0 aromatic carbocycles. The molecule has 0 spiro atoms. The quantitative estimate of drug-likeness (QED) is 0.0751. The molecule has 3 aliphatic heterocycles. The van der Waals surface area contributed by atoms with Crippen molar-refractivity contribution in [1.82, 2.24) is 30.5 Å². The van der Waals surface area contributed by atoms with E-state index in [2.05, 4.69) is 52.1 Å². The zero-order valence-corrected chi connectivity index (χ0v) is 35.4. The predicted molar refractivity (Wildman–Crippen MR) is 228 cm³/mol. The van der Waals surface area contributed by atoms with Crippen molar-refractivity contribution in [2.75, 3.05) is 26.0 Å². The van der Waals surface area contributed by atoms with Crippen molar-refractivity contribution in [2.24, 2.45) is 23.5 Å². The third-order valence-electron chi connectivity index (χ3n) is 12.4. The molecule has 15 nitrogen and oxygen atoms in total. The molecule has 1 aliphatic carbocycles. The Labute approximate surface area is 351 Å². The lowest BCUT2D eigenvalue weighted by Crippen LogP contribution is -2.39. The van der Waals surface area contributed by atoms with Gasteiger partial charge in [-0.2, -0.15) is 0 Å². The molecule has 8 N–H and O–H groups in total. The number of H-pyrrole nitrogens is 3. The molecule has 8 bridgehead atoms. The molecule has 7 rings (SSSR count). The van der Waals surface area contributed by atoms with Crippen LogP contribution in [0.2, 0.25) is 0 Å². The Morgan fingerprint density at radius 3 is 2.45 bits per heavy atom. The van der Waals surface area contributed by atoms with Crippen molar-refractivity contribution in [3.8, 4) is 0 Å². The Hall–Kier alpha value is -5.87. The number of rotatable bonds is 13. The summed E-state index contributed by atoms with van der Waals surface area (Å²) in [6.45, 7) is 14.3. The van der Waals surface area contributed by atoms with Crippen molar-refractivity contribution in [1.29, 1.82) is 0 Å². The van der Waals surface area contributed by atoms with E-state index in [-0.39, 0.29) is 55.2 Å². The van der Waals surface area contributed by atoms with Crippen LogP contribution >= 0.6 is 11.8 Å². The Morgan fingerprint density at radius 2 is 1.77 bits per heavy atom. The number of aromatic amines is 3. The average molecular weight is 838 g/mol. The number of amides is 3. The third-order valence-corrected chi connectivity index (χ3v) is 13.7. The van der Waals surface area contributed by atoms with Gasteiger partial charge in [0.1, 0.15) is 12.0 Å². The number of hydrogen-bond donors (Lipinski definition) is 7. The van der Waals surface area contributed by atoms with Gasteiger partial charge < -0.3 is 41.2 Å². The number of allylic oxidation sites excluding steroid dienone is 2. The fourth-order valence-corrected chi connectivity index (χ4v) is 10.1. The van der Waals surface area contributed by atoms with Crippen LogP contribution in [0.3, 0.4) is 0 Å². The zero-order chi connectivity index (χ0) is 43.3. The Kier molecular flexibility index (Phi) is 11.7. The van der Waals surface area contributed by atoms with Crippen LogP contribution < -0.4 is 27.1 Å². The number of methoxy groups -OCH3 is 1. The maximum atomic E-state index is 14.3. The van der Waals surface area contributed by atoms with E-state index in [0.717, 1.165) is 78.8 Å². The number of carboxylic acids is 1. The number of fused-ring (bicyclic) bond motifs is 7. The lowest BCUT2D eigenvalue weighted by molar-refractivity contribution is -0.142. The second kappa shape index (κ2) is 16.6. The van der Waals surface area contributed by atoms with E-state index >= 15 is 0 Å². The summed E-state index contributed by atoms with van der Waals surface area (Å²) in [4.78, 5) is 89.9. The minimum atomic E-state index is -1.23. The fourth-order valence-electron chi connectivity index (χ4n) is 8.99. The van der Waals surface area contributed by atoms with Crippen molar-refractivity contribution in [2.45, 2.75) is 71.6 Å². The maximum absolute atomic E-state index is 14.3. The fraction of sp³-hybridized carbons (Fsp3) is 0.409. The molecule has 2 fully saturated rings. The summed E-state index contributed by atoms with van der Waals surface area (Å²) in [6.07, 6.45) is 9.09. The number of ketones is 1. The number of carbonyl (C=O) groups is 6. The first-order valence-electron chi connectivity index (χ1n) is 20.1. The highest BCUT2D eigenvalue weighted by Crippen LogP contribution is 2.48. The lowest BCUT2D eigenvalue weighted by atomic mass is 9.85. The molecule has 3 aromatic rings. The Balaban J connectivity index is 1.23. The highest BCUT2D eigenvalue weighted by atomic mass is 32.2. The lowest BCUT2D eigenvalue weighted by Gasteiger charge is -2.20. The van der Waals surface area contributed by atoms with Crippen LogP contribution in [0.1, 0.15) is 94.1 Å². The van der Waals surface area contributed by atoms with Crippen LogP contribution in [0, 0.1) is 38.5 Å². The first-order valence-corrected chi connectivity index (χ1v) is 21.2. The third kappa shape index (κ3) is 7.35. The van der Waals surface area contributed by atoms with Crippen LogP contribution in [-0.4, -0.2) is 97.6 Å². The van der Waals surface area contributed by atoms with E-state index in [0.29, 0.717) is 34.5 Å². The maximum Gasteiger partial charge on any atom is 0.321 e. The standard InChI is InChI=1S/C44H51N7O8S/c1-8-23-19(3)27-14-29-21(5)25(10-11-34(52)46-12-13-51-35(53)17-33(42(51)55)60-18-26(45)43(56)57)39(49-29)37-38(44(58)59-7)41(54)36-22(6)30(50-40(36)37)16-32-24(9-2)20(4)28(48-32)15-31(23)47-27/h8,14-16,21,25-26,33,38,47-50H,1,9-13,17-18,45H2,2-7H3,(H,46,52)(H,56,57)/t21-,25-,26-,33?,38+/m0/s1. The molecule has 6 heterocycles. The number of nitrogens with zero attached hydrogens (tertiary/aromatic N) is 1. The molecule has 1 unspecified atom stereocenters. The highest BCUT2D eigenvalue weighted by molar-refractivity contribution is 8.00. The van der Waals surface area contributed by atoms with Crippen molar-refractivity contribution >= 4 is 77.1 Å². The number of nitrogens with one attached hydrogen (secondary N) is 5. The van der Waals surface area contributed by atoms with Crippen LogP contribution in [-0.2, 0) is 35.1 Å². The van der Waals surface area contributed by atoms with Crippen LogP contribution in [0.15, 0.2) is 18.0 Å². The Bertz CT molecular complexity index is 2560. The normalized spacial score (nSPS) is 21.1. The van der Waals surface area contributed by atoms with E-state index in [1.54, 1.807) is 0 Å². The number of esters is 1. The summed E-state index contributed by atoms with van der Waals surface area (Å²) < 4.78 is 5.24. The number of aliphatic carboxylic acids is 1. The summed E-state index contributed by atoms with van der Waals surface area (Å²) >= 11 is 1.04. The van der Waals surface area contributed by atoms with Gasteiger partial charge in [-0.15, -0.1) is 11.8 Å². The molecule has 316 valence electrons. The van der Waals surface area contributed by atoms with Crippen molar-refractivity contribution in [3.05, 3.63) is 84.8 Å². The van der Waals surface area contributed by atoms with E-state index < -0.39 is 41.0 Å². The van der Waals surface area contributed by atoms with Gasteiger partial charge in [0.05, 0.1) is 18.1 Å². The number of nitrogens with two attached hydrogens (primary N) is 1. The topological polar surface area (TPSA) is 233 Å². The van der Waals surface area contributed by atoms with Crippen molar-refractivity contribution in [3.63, 3.8) is 0 Å². The van der Waals surface area contributed by atoms with E-state index in [1.807, 2.05) is 39.0 Å². The second-order valence-electron chi connectivity index (χ2n) is 15.8. The van der Waals surface area contributed by atoms with Gasteiger partial charge in [0.2, 0.25) is 17.7 Å². The van der Waals surface area contributed by atoms with Gasteiger partial charge in [0, 0.05) is 99.4 Å². The van der Waals surface area contributed by atoms with Gasteiger partial charge in [0.15, 0.2) is 5.78 Å². The second-order valence-corrected chi connectivity index (χ2v) is 17.1. The van der Waals surface area contributed by atoms with Gasteiger partial charge >= 0.3 is 11.9 Å². The van der Waals surface area contributed by atoms with E-state index in [9.17, 15) is 28.8 Å². The molecule has 3 aromatic heterocycles.